The smallest absolute Gasteiger partial charge is 0.150 e. The van der Waals surface area contributed by atoms with Crippen molar-refractivity contribution in [2.45, 2.75) is 26.2 Å². The molecule has 0 heterocycles. The number of Topliss-reactive ketones (excluding diaryl/α,β-unsaturated/α-hetero) is 1. The second-order valence-electron chi connectivity index (χ2n) is 3.01. The molecular weight excluding hydrogens is 164 g/mol. The normalized spacial score (nSPS) is 9.77. The summed E-state index contributed by atoms with van der Waals surface area (Å²) in [5, 5.41) is 17.6. The minimum atomic E-state index is -1.15. The summed E-state index contributed by atoms with van der Waals surface area (Å²) in [5.74, 6) is -0.132. The van der Waals surface area contributed by atoms with Gasteiger partial charge in [0.2, 0.25) is 0 Å². The molecule has 0 fully saturated rings. The van der Waals surface area contributed by atoms with Gasteiger partial charge in [-0.25, -0.2) is 0 Å². The molecule has 0 bridgehead atoms. The van der Waals surface area contributed by atoms with Crippen LogP contribution in [0.25, 0.3) is 0 Å². The highest BCUT2D eigenvalue weighted by molar-refractivity contribution is 5.77. The maximum absolute atomic E-state index is 10.8. The molecule has 0 spiro atoms. The van der Waals surface area contributed by atoms with Crippen LogP contribution in [0.1, 0.15) is 26.2 Å². The zero-order valence-corrected chi connectivity index (χ0v) is 7.71. The third-order valence-corrected chi connectivity index (χ3v) is 1.75. The Morgan fingerprint density at radius 3 is 2.38 bits per heavy atom. The molecule has 3 heteroatoms. The van der Waals surface area contributed by atoms with Crippen molar-refractivity contribution in [3.05, 3.63) is 12.7 Å². The van der Waals surface area contributed by atoms with Gasteiger partial charge in [-0.15, -0.1) is 6.58 Å². The van der Waals surface area contributed by atoms with Gasteiger partial charge in [0.25, 0.3) is 0 Å². The van der Waals surface area contributed by atoms with Crippen LogP contribution in [0.15, 0.2) is 12.7 Å². The van der Waals surface area contributed by atoms with Crippen molar-refractivity contribution in [3.63, 3.8) is 0 Å². The Morgan fingerprint density at radius 2 is 2.08 bits per heavy atom. The lowest BCUT2D eigenvalue weighted by molar-refractivity contribution is -0.118. The minimum absolute atomic E-state index is 0.00778. The molecule has 0 aliphatic carbocycles. The molecule has 0 unspecified atom stereocenters. The second-order valence-corrected chi connectivity index (χ2v) is 3.01. The van der Waals surface area contributed by atoms with E-state index in [0.29, 0.717) is 12.8 Å². The third-order valence-electron chi connectivity index (χ3n) is 1.75. The van der Waals surface area contributed by atoms with Gasteiger partial charge < -0.3 is 0 Å². The molecule has 0 aliphatic heterocycles. The van der Waals surface area contributed by atoms with E-state index in [2.05, 4.69) is 6.58 Å². The highest BCUT2D eigenvalue weighted by Crippen LogP contribution is 2.26. The molecule has 0 atom stereocenters. The lowest BCUT2D eigenvalue weighted by atomic mass is 9.82. The van der Waals surface area contributed by atoms with Crippen LogP contribution in [0.5, 0.6) is 0 Å². The zero-order valence-electron chi connectivity index (χ0n) is 7.71. The van der Waals surface area contributed by atoms with E-state index in [0.717, 1.165) is 0 Å². The molecular formula is C10H12N2O. The van der Waals surface area contributed by atoms with Crippen LogP contribution in [0.2, 0.25) is 0 Å². The SMILES string of the molecule is C=CCCC(C#N)(C#N)CC(C)=O. The van der Waals surface area contributed by atoms with Gasteiger partial charge in [-0.2, -0.15) is 10.5 Å². The molecule has 0 N–H and O–H groups in total. The van der Waals surface area contributed by atoms with E-state index in [4.69, 9.17) is 10.5 Å². The monoisotopic (exact) mass is 176 g/mol. The molecule has 0 aromatic heterocycles. The van der Waals surface area contributed by atoms with E-state index >= 15 is 0 Å². The Labute approximate surface area is 78.3 Å². The summed E-state index contributed by atoms with van der Waals surface area (Å²) in [6.45, 7) is 4.89. The number of allylic oxidation sites excluding steroid dienone is 1. The lowest BCUT2D eigenvalue weighted by Crippen LogP contribution is -2.19. The molecule has 0 rings (SSSR count). The van der Waals surface area contributed by atoms with E-state index in [1.54, 1.807) is 6.08 Å². The maximum atomic E-state index is 10.8. The highest BCUT2D eigenvalue weighted by Gasteiger charge is 2.30. The van der Waals surface area contributed by atoms with Crippen LogP contribution in [0.4, 0.5) is 0 Å². The highest BCUT2D eigenvalue weighted by atomic mass is 16.1. The number of hydrogen-bond donors (Lipinski definition) is 0. The van der Waals surface area contributed by atoms with Crippen LogP contribution in [0, 0.1) is 28.1 Å². The number of carbonyl (C=O) groups excluding carboxylic acids is 1. The number of hydrogen-bond acceptors (Lipinski definition) is 3. The number of ketones is 1. The second kappa shape index (κ2) is 5.11. The van der Waals surface area contributed by atoms with Gasteiger partial charge in [-0.05, 0) is 19.8 Å². The average Bonchev–Trinajstić information content (AvgIpc) is 2.12. The van der Waals surface area contributed by atoms with E-state index in [-0.39, 0.29) is 12.2 Å². The number of nitriles is 2. The lowest BCUT2D eigenvalue weighted by Gasteiger charge is -2.14. The molecule has 0 radical (unpaired) electrons. The minimum Gasteiger partial charge on any atom is -0.300 e. The van der Waals surface area contributed by atoms with Gasteiger partial charge >= 0.3 is 0 Å². The largest absolute Gasteiger partial charge is 0.300 e. The molecule has 0 aromatic carbocycles. The number of nitrogens with zero attached hydrogens (tertiary/aromatic N) is 2. The van der Waals surface area contributed by atoms with Crippen molar-refractivity contribution in [2.75, 3.05) is 0 Å². The maximum Gasteiger partial charge on any atom is 0.150 e. The summed E-state index contributed by atoms with van der Waals surface area (Å²) < 4.78 is 0. The predicted octanol–water partition coefficient (Wildman–Crippen LogP) is 1.97. The summed E-state index contributed by atoms with van der Waals surface area (Å²) in [5.41, 5.74) is -1.15. The molecule has 3 nitrogen and oxygen atoms in total. The van der Waals surface area contributed by atoms with E-state index in [1.807, 2.05) is 12.1 Å². The fraction of sp³-hybridized carbons (Fsp3) is 0.500. The standard InChI is InChI=1S/C10H12N2O/c1-3-4-5-10(7-11,8-12)6-9(2)13/h3H,1,4-6H2,2H3. The van der Waals surface area contributed by atoms with Crippen molar-refractivity contribution < 1.29 is 4.79 Å². The molecule has 13 heavy (non-hydrogen) atoms. The summed E-state index contributed by atoms with van der Waals surface area (Å²) in [7, 11) is 0. The van der Waals surface area contributed by atoms with Crippen LogP contribution in [-0.4, -0.2) is 5.78 Å². The Balaban J connectivity index is 4.54. The quantitative estimate of drug-likeness (QED) is 0.601. The molecule has 0 aromatic rings. The predicted molar refractivity (Wildman–Crippen MR) is 48.4 cm³/mol. The van der Waals surface area contributed by atoms with Crippen LogP contribution in [-0.2, 0) is 4.79 Å². The van der Waals surface area contributed by atoms with Crippen molar-refractivity contribution >= 4 is 5.78 Å². The van der Waals surface area contributed by atoms with Crippen LogP contribution in [0.3, 0.4) is 0 Å². The fourth-order valence-corrected chi connectivity index (χ4v) is 1.08. The summed E-state index contributed by atoms with van der Waals surface area (Å²) in [6.07, 6.45) is 2.61. The van der Waals surface area contributed by atoms with Crippen molar-refractivity contribution in [1.82, 2.24) is 0 Å². The molecule has 0 saturated carbocycles. The Morgan fingerprint density at radius 1 is 1.54 bits per heavy atom. The van der Waals surface area contributed by atoms with Gasteiger partial charge in [-0.1, -0.05) is 6.08 Å². The topological polar surface area (TPSA) is 64.7 Å². The summed E-state index contributed by atoms with van der Waals surface area (Å²) >= 11 is 0. The summed E-state index contributed by atoms with van der Waals surface area (Å²) in [6, 6.07) is 3.80. The molecule has 0 amide bonds. The van der Waals surface area contributed by atoms with Gasteiger partial charge in [0.15, 0.2) is 5.41 Å². The van der Waals surface area contributed by atoms with Gasteiger partial charge in [0.1, 0.15) is 5.78 Å². The summed E-state index contributed by atoms with van der Waals surface area (Å²) in [4.78, 5) is 10.8. The van der Waals surface area contributed by atoms with Gasteiger partial charge in [0.05, 0.1) is 12.1 Å². The third kappa shape index (κ3) is 3.53. The Hall–Kier alpha value is -1.61. The van der Waals surface area contributed by atoms with Crippen LogP contribution >= 0.6 is 0 Å². The zero-order chi connectivity index (χ0) is 10.3. The van der Waals surface area contributed by atoms with E-state index in [1.165, 1.54) is 6.92 Å². The van der Waals surface area contributed by atoms with Gasteiger partial charge in [-0.3, -0.25) is 4.79 Å². The Bertz CT molecular complexity index is 266. The van der Waals surface area contributed by atoms with Crippen molar-refractivity contribution in [3.8, 4) is 12.1 Å². The first kappa shape index (κ1) is 11.4. The van der Waals surface area contributed by atoms with Gasteiger partial charge in [0, 0.05) is 6.42 Å². The van der Waals surface area contributed by atoms with E-state index < -0.39 is 5.41 Å². The molecule has 68 valence electrons. The number of rotatable bonds is 5. The van der Waals surface area contributed by atoms with Crippen molar-refractivity contribution in [1.29, 1.82) is 10.5 Å². The fourth-order valence-electron chi connectivity index (χ4n) is 1.08. The van der Waals surface area contributed by atoms with E-state index in [9.17, 15) is 4.79 Å². The Kier molecular flexibility index (Phi) is 4.48. The van der Waals surface area contributed by atoms with Crippen molar-refractivity contribution in [2.24, 2.45) is 5.41 Å². The first-order chi connectivity index (χ1) is 6.10. The van der Waals surface area contributed by atoms with Crippen LogP contribution < -0.4 is 0 Å². The number of carbonyl (C=O) groups is 1. The molecule has 0 aliphatic rings. The first-order valence-corrected chi connectivity index (χ1v) is 4.03. The molecule has 0 saturated heterocycles. The first-order valence-electron chi connectivity index (χ1n) is 4.03. The average molecular weight is 176 g/mol.